The molecule has 6 N–H and O–H groups in total. The Labute approximate surface area is 335 Å². The summed E-state index contributed by atoms with van der Waals surface area (Å²) in [6.07, 6.45) is 0.0453. The first-order chi connectivity index (χ1) is 26.8. The van der Waals surface area contributed by atoms with Gasteiger partial charge in [-0.2, -0.15) is 21.0 Å². The Morgan fingerprint density at radius 3 is 2.19 bits per heavy atom. The Morgan fingerprint density at radius 1 is 0.965 bits per heavy atom. The maximum Gasteiger partial charge on any atom is 0.420 e. The maximum atomic E-state index is 13.3. The Kier molecular flexibility index (Phi) is 15.2. The van der Waals surface area contributed by atoms with Crippen molar-refractivity contribution in [3.8, 4) is 5.75 Å². The number of rotatable bonds is 18. The Balaban J connectivity index is 1.17. The van der Waals surface area contributed by atoms with Gasteiger partial charge in [0.15, 0.2) is 5.37 Å². The number of thiol groups is 1. The molecule has 2 aromatic rings. The number of fused-ring (bicyclic) bond motifs is 1. The molecule has 308 valence electrons. The zero-order chi connectivity index (χ0) is 42.0. The van der Waals surface area contributed by atoms with E-state index in [1.165, 1.54) is 45.0 Å². The molecule has 7 amide bonds. The van der Waals surface area contributed by atoms with E-state index < -0.39 is 62.7 Å². The fourth-order valence-corrected chi connectivity index (χ4v) is 7.56. The van der Waals surface area contributed by atoms with Crippen LogP contribution in [0.25, 0.3) is 0 Å². The van der Waals surface area contributed by atoms with E-state index in [0.29, 0.717) is 18.5 Å². The van der Waals surface area contributed by atoms with Gasteiger partial charge in [0.05, 0.1) is 11.3 Å². The number of anilines is 2. The molecule has 0 saturated carbocycles. The third-order valence-electron chi connectivity index (χ3n) is 9.10. The summed E-state index contributed by atoms with van der Waals surface area (Å²) in [5.41, 5.74) is 1.76. The van der Waals surface area contributed by atoms with Crippen LogP contribution in [0.1, 0.15) is 58.4 Å². The van der Waals surface area contributed by atoms with Crippen molar-refractivity contribution in [1.82, 2.24) is 25.8 Å². The van der Waals surface area contributed by atoms with Gasteiger partial charge in [0.25, 0.3) is 10.1 Å². The van der Waals surface area contributed by atoms with Crippen LogP contribution in [0.5, 0.6) is 5.75 Å². The van der Waals surface area contributed by atoms with Gasteiger partial charge in [0.2, 0.25) is 35.4 Å². The number of benzene rings is 2. The molecule has 0 aromatic heterocycles. The van der Waals surface area contributed by atoms with Crippen molar-refractivity contribution in [1.29, 1.82) is 0 Å². The quantitative estimate of drug-likeness (QED) is 0.0493. The van der Waals surface area contributed by atoms with Crippen molar-refractivity contribution in [2.24, 2.45) is 0 Å². The number of nitrogens with one attached hydrogen (secondary N) is 5. The van der Waals surface area contributed by atoms with E-state index >= 15 is 0 Å². The lowest BCUT2D eigenvalue weighted by molar-refractivity contribution is -0.138. The molecule has 2 unspecified atom stereocenters. The standard InChI is InChI=1S/C37H47N7O11S2/c1-21(2)44(36(57(52,53)54)28-19-24-9-5-6-10-27(24)42-28)37(51)55-26-15-13-25(14-16-26)41-34(49)23(4)40-33(48)22(3)39-31(46)12-8-7-11-30(45)38-17-18-43-32(47)20-29(56)35(43)50/h5-6,9-10,13-16,22-23,28-29,36,42,56H,1,7-8,11-12,17-20H2,2-4H3,(H,38,45)(H,39,46)(H,40,48)(H,41,49)(H,52,53,54)/t22-,23-,28+,29?,36?/m1/s1. The number of allylic oxidation sites excluding steroid dienone is 1. The molecule has 2 aliphatic rings. The predicted octanol–water partition coefficient (Wildman–Crippen LogP) is 1.95. The highest BCUT2D eigenvalue weighted by molar-refractivity contribution is 7.86. The molecule has 2 aliphatic heterocycles. The second-order valence-corrected chi connectivity index (χ2v) is 15.8. The molecule has 4 rings (SSSR count). The van der Waals surface area contributed by atoms with Gasteiger partial charge in [-0.1, -0.05) is 24.8 Å². The van der Waals surface area contributed by atoms with Gasteiger partial charge in [-0.3, -0.25) is 43.1 Å². The molecule has 0 spiro atoms. The monoisotopic (exact) mass is 829 g/mol. The lowest BCUT2D eigenvalue weighted by Crippen LogP contribution is -2.53. The molecular formula is C37H47N7O11S2. The van der Waals surface area contributed by atoms with Crippen LogP contribution in [-0.2, 0) is 45.3 Å². The molecular weight excluding hydrogens is 783 g/mol. The van der Waals surface area contributed by atoms with Crippen LogP contribution in [0.2, 0.25) is 0 Å². The average Bonchev–Trinajstić information content (AvgIpc) is 3.67. The molecule has 1 saturated heterocycles. The van der Waals surface area contributed by atoms with Crippen LogP contribution in [-0.4, -0.2) is 106 Å². The van der Waals surface area contributed by atoms with Crippen molar-refractivity contribution in [2.45, 2.75) is 88.0 Å². The van der Waals surface area contributed by atoms with Crippen molar-refractivity contribution < 1.29 is 51.3 Å². The molecule has 20 heteroatoms. The van der Waals surface area contributed by atoms with Crippen molar-refractivity contribution in [3.05, 3.63) is 66.4 Å². The highest BCUT2D eigenvalue weighted by atomic mass is 32.2. The number of amides is 7. The predicted molar refractivity (Wildman–Crippen MR) is 211 cm³/mol. The van der Waals surface area contributed by atoms with Crippen LogP contribution in [0.4, 0.5) is 16.2 Å². The largest absolute Gasteiger partial charge is 0.420 e. The number of nitrogens with zero attached hydrogens (tertiary/aromatic N) is 2. The summed E-state index contributed by atoms with van der Waals surface area (Å²) in [6.45, 7) is 8.18. The van der Waals surface area contributed by atoms with Crippen LogP contribution < -0.4 is 31.3 Å². The number of para-hydroxylation sites is 1. The summed E-state index contributed by atoms with van der Waals surface area (Å²) in [5.74, 6) is -2.65. The smallest absolute Gasteiger partial charge is 0.410 e. The van der Waals surface area contributed by atoms with E-state index in [-0.39, 0.29) is 73.6 Å². The molecule has 2 heterocycles. The number of hydrogen-bond acceptors (Lipinski definition) is 12. The van der Waals surface area contributed by atoms with Gasteiger partial charge in [0, 0.05) is 49.4 Å². The van der Waals surface area contributed by atoms with E-state index in [0.717, 1.165) is 15.4 Å². The first kappa shape index (κ1) is 44.2. The molecule has 57 heavy (non-hydrogen) atoms. The Morgan fingerprint density at radius 2 is 1.60 bits per heavy atom. The number of ether oxygens (including phenoxy) is 1. The SMILES string of the molecule is C=C(C)N(C(=O)Oc1ccc(NC(=O)[C@@H](C)NC(=O)[C@@H](C)NC(=O)CCCCC(=O)NCCN2C(=O)CC(S)C2=O)cc1)C([C@@H]1Cc2ccccc2N1)S(=O)(=O)O. The minimum Gasteiger partial charge on any atom is -0.410 e. The fraction of sp³-hybridized carbons (Fsp3) is 0.432. The van der Waals surface area contributed by atoms with Crippen LogP contribution in [0.15, 0.2) is 60.8 Å². The third-order valence-corrected chi connectivity index (χ3v) is 10.6. The Bertz CT molecular complexity index is 1970. The lowest BCUT2D eigenvalue weighted by atomic mass is 10.1. The van der Waals surface area contributed by atoms with Crippen molar-refractivity contribution in [3.63, 3.8) is 0 Å². The van der Waals surface area contributed by atoms with Gasteiger partial charge >= 0.3 is 6.09 Å². The van der Waals surface area contributed by atoms with Gasteiger partial charge in [-0.05, 0) is 75.9 Å². The maximum absolute atomic E-state index is 13.3. The van der Waals surface area contributed by atoms with E-state index in [1.54, 1.807) is 24.3 Å². The molecule has 0 radical (unpaired) electrons. The highest BCUT2D eigenvalue weighted by Gasteiger charge is 2.44. The first-order valence-electron chi connectivity index (χ1n) is 18.1. The average molecular weight is 830 g/mol. The second kappa shape index (κ2) is 19.6. The van der Waals surface area contributed by atoms with E-state index in [9.17, 15) is 46.5 Å². The topological polar surface area (TPSA) is 250 Å². The first-order valence-corrected chi connectivity index (χ1v) is 20.1. The van der Waals surface area contributed by atoms with Gasteiger partial charge in [0.1, 0.15) is 17.8 Å². The summed E-state index contributed by atoms with van der Waals surface area (Å²) < 4.78 is 40.8. The summed E-state index contributed by atoms with van der Waals surface area (Å²) in [4.78, 5) is 88.8. The Hall–Kier alpha value is -5.47. The minimum atomic E-state index is -4.84. The van der Waals surface area contributed by atoms with Gasteiger partial charge in [-0.15, -0.1) is 0 Å². The number of unbranched alkanes of at least 4 members (excludes halogenated alkanes) is 1. The number of carbonyl (C=O) groups is 7. The third kappa shape index (κ3) is 12.3. The summed E-state index contributed by atoms with van der Waals surface area (Å²) in [6, 6.07) is 9.74. The van der Waals surface area contributed by atoms with Crippen molar-refractivity contribution in [2.75, 3.05) is 23.7 Å². The van der Waals surface area contributed by atoms with Crippen molar-refractivity contribution >= 4 is 75.7 Å². The minimum absolute atomic E-state index is 0.00519. The van der Waals surface area contributed by atoms with Crippen LogP contribution in [0, 0.1) is 0 Å². The van der Waals surface area contributed by atoms with Crippen LogP contribution >= 0.6 is 12.6 Å². The summed E-state index contributed by atoms with van der Waals surface area (Å²) in [5, 5.41) is 10.9. The molecule has 18 nitrogen and oxygen atoms in total. The normalized spacial score (nSPS) is 17.7. The molecule has 5 atom stereocenters. The zero-order valence-corrected chi connectivity index (χ0v) is 33.4. The zero-order valence-electron chi connectivity index (χ0n) is 31.6. The highest BCUT2D eigenvalue weighted by Crippen LogP contribution is 2.31. The molecule has 1 fully saturated rings. The lowest BCUT2D eigenvalue weighted by Gasteiger charge is -2.32. The summed E-state index contributed by atoms with van der Waals surface area (Å²) in [7, 11) is -4.84. The number of carbonyl (C=O) groups excluding carboxylic acids is 7. The summed E-state index contributed by atoms with van der Waals surface area (Å²) >= 11 is 4.05. The number of hydrogen-bond donors (Lipinski definition) is 7. The fourth-order valence-electron chi connectivity index (χ4n) is 6.15. The second-order valence-electron chi connectivity index (χ2n) is 13.7. The van der Waals surface area contributed by atoms with Crippen LogP contribution in [0.3, 0.4) is 0 Å². The molecule has 0 aliphatic carbocycles. The number of likely N-dealkylation sites (tertiary alicyclic amines) is 1. The number of imide groups is 1. The van der Waals surface area contributed by atoms with Gasteiger partial charge in [-0.25, -0.2) is 4.79 Å². The van der Waals surface area contributed by atoms with Gasteiger partial charge < -0.3 is 31.3 Å². The molecule has 2 aromatic carbocycles. The molecule has 0 bridgehead atoms. The van der Waals surface area contributed by atoms with E-state index in [4.69, 9.17) is 4.74 Å². The van der Waals surface area contributed by atoms with E-state index in [2.05, 4.69) is 45.8 Å². The van der Waals surface area contributed by atoms with E-state index in [1.807, 2.05) is 0 Å².